The van der Waals surface area contributed by atoms with E-state index in [1.165, 1.54) is 18.2 Å². The maximum atomic E-state index is 14.6. The van der Waals surface area contributed by atoms with Crippen molar-refractivity contribution in [2.75, 3.05) is 5.32 Å². The van der Waals surface area contributed by atoms with Crippen molar-refractivity contribution in [1.82, 2.24) is 10.9 Å². The summed E-state index contributed by atoms with van der Waals surface area (Å²) in [6, 6.07) is 8.22. The molecule has 0 fully saturated rings. The molecule has 2 aromatic rings. The van der Waals surface area contributed by atoms with Gasteiger partial charge in [-0.05, 0) is 86.0 Å². The molecule has 43 heavy (non-hydrogen) atoms. The van der Waals surface area contributed by atoms with E-state index < -0.39 is 46.4 Å². The molecule has 0 aliphatic carbocycles. The van der Waals surface area contributed by atoms with Gasteiger partial charge in [0.2, 0.25) is 0 Å². The Morgan fingerprint density at radius 2 is 1.56 bits per heavy atom. The molecule has 0 aromatic heterocycles. The summed E-state index contributed by atoms with van der Waals surface area (Å²) in [4.78, 5) is 26.7. The zero-order chi connectivity index (χ0) is 33.1. The van der Waals surface area contributed by atoms with Crippen molar-refractivity contribution in [2.24, 2.45) is 0 Å². The molecule has 0 saturated heterocycles. The van der Waals surface area contributed by atoms with E-state index in [-0.39, 0.29) is 26.4 Å². The second-order valence-electron chi connectivity index (χ2n) is 13.9. The van der Waals surface area contributed by atoms with E-state index in [1.807, 2.05) is 39.9 Å². The van der Waals surface area contributed by atoms with Gasteiger partial charge in [-0.25, -0.2) is 4.39 Å². The molecular weight excluding hydrogens is 603 g/mol. The van der Waals surface area contributed by atoms with Crippen LogP contribution in [0.2, 0.25) is 41.3 Å². The van der Waals surface area contributed by atoms with Crippen molar-refractivity contribution in [1.29, 1.82) is 5.26 Å². The van der Waals surface area contributed by atoms with E-state index in [0.29, 0.717) is 16.8 Å². The average molecular weight is 649 g/mol. The molecule has 2 rings (SSSR count). The van der Waals surface area contributed by atoms with Gasteiger partial charge in [-0.2, -0.15) is 5.26 Å². The number of halogens is 2. The van der Waals surface area contributed by atoms with Crippen molar-refractivity contribution in [3.8, 4) is 11.8 Å². The van der Waals surface area contributed by atoms with Crippen molar-refractivity contribution in [3.63, 3.8) is 0 Å². The van der Waals surface area contributed by atoms with Crippen LogP contribution in [0.1, 0.15) is 70.0 Å². The van der Waals surface area contributed by atoms with E-state index in [0.717, 1.165) is 0 Å². The van der Waals surface area contributed by atoms with E-state index in [1.54, 1.807) is 26.0 Å². The molecule has 2 aromatic carbocycles. The molecule has 2 atom stereocenters. The number of carbonyl (C=O) groups excluding carboxylic acids is 2. The number of amides is 2. The van der Waals surface area contributed by atoms with Crippen LogP contribution < -0.4 is 20.6 Å². The van der Waals surface area contributed by atoms with Gasteiger partial charge in [0.1, 0.15) is 17.9 Å². The lowest BCUT2D eigenvalue weighted by molar-refractivity contribution is -0.124. The summed E-state index contributed by atoms with van der Waals surface area (Å²) in [5, 5.41) is 12.5. The number of nitrogens with zero attached hydrogens (tertiary/aromatic N) is 1. The first-order chi connectivity index (χ1) is 19.5. The predicted molar refractivity (Wildman–Crippen MR) is 176 cm³/mol. The monoisotopic (exact) mass is 648 g/mol. The van der Waals surface area contributed by atoms with Crippen LogP contribution in [0.15, 0.2) is 30.3 Å². The molecule has 0 aliphatic rings. The zero-order valence-electron chi connectivity index (χ0n) is 27.4. The van der Waals surface area contributed by atoms with Gasteiger partial charge in [-0.1, -0.05) is 53.1 Å². The average Bonchev–Trinajstić information content (AvgIpc) is 2.87. The molecular formula is C31H46ClFN4O4Si2. The number of benzene rings is 2. The minimum Gasteiger partial charge on any atom is -0.542 e. The standard InChI is InChI=1S/C31H46ClFN4O4Si2/c1-19-24(16-14-22(18-34)26(19)32)35-27(20(2)40-42(9,10)30(3,4)5)29(39)37-36-28(38)21-13-15-23(33)25(17-21)41-43(11,12)31(6,7)8/h13-17,20,27,35H,1-12H3,(H,36,38)(H,37,39)/t20-,27?/m0/s1. The van der Waals surface area contributed by atoms with Gasteiger partial charge in [0.25, 0.3) is 20.1 Å². The van der Waals surface area contributed by atoms with Crippen LogP contribution in [0.3, 0.4) is 0 Å². The van der Waals surface area contributed by atoms with Gasteiger partial charge >= 0.3 is 0 Å². The Hall–Kier alpha value is -2.92. The van der Waals surface area contributed by atoms with Crippen LogP contribution in [0.5, 0.6) is 5.75 Å². The fourth-order valence-electron chi connectivity index (χ4n) is 3.62. The van der Waals surface area contributed by atoms with E-state index in [4.69, 9.17) is 20.5 Å². The number of hydrogen-bond donors (Lipinski definition) is 3. The molecule has 2 amide bonds. The van der Waals surface area contributed by atoms with Crippen LogP contribution in [0.4, 0.5) is 10.1 Å². The van der Waals surface area contributed by atoms with Gasteiger partial charge in [-0.3, -0.25) is 20.4 Å². The van der Waals surface area contributed by atoms with Crippen LogP contribution >= 0.6 is 11.6 Å². The first-order valence-corrected chi connectivity index (χ1v) is 20.4. The summed E-state index contributed by atoms with van der Waals surface area (Å²) in [5.74, 6) is -1.76. The van der Waals surface area contributed by atoms with E-state index in [9.17, 15) is 19.2 Å². The lowest BCUT2D eigenvalue weighted by Gasteiger charge is -2.40. The largest absolute Gasteiger partial charge is 0.542 e. The Labute approximate surface area is 262 Å². The van der Waals surface area contributed by atoms with Gasteiger partial charge < -0.3 is 14.2 Å². The van der Waals surface area contributed by atoms with Crippen LogP contribution in [0, 0.1) is 24.1 Å². The Morgan fingerprint density at radius 3 is 2.09 bits per heavy atom. The number of carbonyl (C=O) groups is 2. The van der Waals surface area contributed by atoms with Gasteiger partial charge in [0.15, 0.2) is 14.1 Å². The highest BCUT2D eigenvalue weighted by Gasteiger charge is 2.41. The Morgan fingerprint density at radius 1 is 0.977 bits per heavy atom. The van der Waals surface area contributed by atoms with Gasteiger partial charge in [-0.15, -0.1) is 0 Å². The molecule has 8 nitrogen and oxygen atoms in total. The van der Waals surface area contributed by atoms with Crippen molar-refractivity contribution >= 4 is 45.7 Å². The molecule has 0 saturated carbocycles. The molecule has 1 unspecified atom stereocenters. The molecule has 3 N–H and O–H groups in total. The number of hydrazine groups is 1. The van der Waals surface area contributed by atoms with Crippen LogP contribution in [0.25, 0.3) is 0 Å². The highest BCUT2D eigenvalue weighted by atomic mass is 35.5. The van der Waals surface area contributed by atoms with Crippen LogP contribution in [-0.4, -0.2) is 40.6 Å². The second-order valence-corrected chi connectivity index (χ2v) is 23.7. The molecule has 0 radical (unpaired) electrons. The SMILES string of the molecule is Cc1c(NC(C(=O)NNC(=O)c2ccc(F)c(O[Si](C)(C)C(C)(C)C)c2)[C@H](C)O[Si](C)(C)C(C)(C)C)ccc(C#N)c1Cl. The van der Waals surface area contributed by atoms with E-state index in [2.05, 4.69) is 50.0 Å². The predicted octanol–water partition coefficient (Wildman–Crippen LogP) is 7.70. The first kappa shape index (κ1) is 36.3. The van der Waals surface area contributed by atoms with Gasteiger partial charge in [0.05, 0.1) is 16.7 Å². The maximum absolute atomic E-state index is 14.6. The smallest absolute Gasteiger partial charge is 0.269 e. The lowest BCUT2D eigenvalue weighted by Crippen LogP contribution is -2.55. The first-order valence-electron chi connectivity index (χ1n) is 14.2. The summed E-state index contributed by atoms with van der Waals surface area (Å²) in [6.07, 6.45) is -0.609. The normalized spacial score (nSPS) is 13.9. The second kappa shape index (κ2) is 13.4. The third-order valence-corrected chi connectivity index (χ3v) is 17.9. The molecule has 0 aliphatic heterocycles. The summed E-state index contributed by atoms with van der Waals surface area (Å²) < 4.78 is 27.3. The van der Waals surface area contributed by atoms with Crippen molar-refractivity contribution in [2.45, 2.75) is 104 Å². The fourth-order valence-corrected chi connectivity index (χ4v) is 6.26. The highest BCUT2D eigenvalue weighted by molar-refractivity contribution is 6.75. The van der Waals surface area contributed by atoms with Crippen LogP contribution in [-0.2, 0) is 9.22 Å². The molecule has 12 heteroatoms. The zero-order valence-corrected chi connectivity index (χ0v) is 30.1. The lowest BCUT2D eigenvalue weighted by atomic mass is 10.1. The summed E-state index contributed by atoms with van der Waals surface area (Å²) in [6.45, 7) is 24.1. The Bertz CT molecular complexity index is 1400. The molecule has 236 valence electrons. The number of rotatable bonds is 9. The fraction of sp³-hybridized carbons (Fsp3) is 0.516. The van der Waals surface area contributed by atoms with Gasteiger partial charge in [0, 0.05) is 11.3 Å². The number of nitriles is 1. The third-order valence-electron chi connectivity index (χ3n) is 8.52. The van der Waals surface area contributed by atoms with Crippen molar-refractivity contribution < 1.29 is 22.8 Å². The highest BCUT2D eigenvalue weighted by Crippen LogP contribution is 2.39. The minimum absolute atomic E-state index is 0.00493. The third kappa shape index (κ3) is 8.82. The minimum atomic E-state index is -2.37. The molecule has 0 bridgehead atoms. The topological polar surface area (TPSA) is 112 Å². The molecule has 0 heterocycles. The quantitative estimate of drug-likeness (QED) is 0.190. The summed E-state index contributed by atoms with van der Waals surface area (Å²) in [5.41, 5.74) is 6.52. The molecule has 0 spiro atoms. The Kier molecular flexibility index (Phi) is 11.3. The maximum Gasteiger partial charge on any atom is 0.269 e. The summed E-state index contributed by atoms with van der Waals surface area (Å²) in [7, 11) is -4.67. The summed E-state index contributed by atoms with van der Waals surface area (Å²) >= 11 is 6.39. The Balaban J connectivity index is 2.33. The number of nitrogens with one attached hydrogen (secondary N) is 3. The number of hydrogen-bond acceptors (Lipinski definition) is 6. The number of anilines is 1. The van der Waals surface area contributed by atoms with Crippen molar-refractivity contribution in [3.05, 3.63) is 57.9 Å². The van der Waals surface area contributed by atoms with E-state index >= 15 is 0 Å².